The first-order valence-electron chi connectivity index (χ1n) is 8.67. The number of carbonyl (C=O) groups is 2. The Morgan fingerprint density at radius 3 is 2.52 bits per heavy atom. The summed E-state index contributed by atoms with van der Waals surface area (Å²) < 4.78 is 16.3. The van der Waals surface area contributed by atoms with Crippen molar-refractivity contribution < 1.29 is 28.6 Å². The minimum Gasteiger partial charge on any atom is -0.493 e. The van der Waals surface area contributed by atoms with Crippen molar-refractivity contribution in [3.8, 4) is 11.5 Å². The molecule has 1 heterocycles. The zero-order valence-electron chi connectivity index (χ0n) is 16.2. The molecule has 7 heteroatoms. The van der Waals surface area contributed by atoms with Crippen molar-refractivity contribution in [3.05, 3.63) is 46.9 Å². The SMILES string of the molecule is COc1cc(C(C)NC(=O)c2c(C)coc2CC(=O)O)ccc1OC(C)C. The lowest BCUT2D eigenvalue weighted by molar-refractivity contribution is -0.136. The summed E-state index contributed by atoms with van der Waals surface area (Å²) in [6, 6.07) is 5.14. The van der Waals surface area contributed by atoms with E-state index in [0.29, 0.717) is 17.1 Å². The number of aryl methyl sites for hydroxylation is 1. The quantitative estimate of drug-likeness (QED) is 0.733. The number of methoxy groups -OCH3 is 1. The summed E-state index contributed by atoms with van der Waals surface area (Å²) >= 11 is 0. The third-order valence-electron chi connectivity index (χ3n) is 3.99. The average Bonchev–Trinajstić information content (AvgIpc) is 2.94. The van der Waals surface area contributed by atoms with Crippen LogP contribution in [0.2, 0.25) is 0 Å². The maximum Gasteiger partial charge on any atom is 0.311 e. The molecule has 1 unspecified atom stereocenters. The van der Waals surface area contributed by atoms with E-state index < -0.39 is 5.97 Å². The fourth-order valence-corrected chi connectivity index (χ4v) is 2.73. The van der Waals surface area contributed by atoms with Gasteiger partial charge < -0.3 is 24.3 Å². The number of ether oxygens (including phenoxy) is 2. The van der Waals surface area contributed by atoms with Crippen molar-refractivity contribution >= 4 is 11.9 Å². The van der Waals surface area contributed by atoms with E-state index in [4.69, 9.17) is 19.0 Å². The number of carboxylic acids is 1. The number of furan rings is 1. The summed E-state index contributed by atoms with van der Waals surface area (Å²) in [5, 5.41) is 11.8. The van der Waals surface area contributed by atoms with Crippen LogP contribution in [-0.4, -0.2) is 30.2 Å². The molecule has 1 amide bonds. The molecule has 1 aromatic heterocycles. The van der Waals surface area contributed by atoms with Crippen molar-refractivity contribution in [3.63, 3.8) is 0 Å². The summed E-state index contributed by atoms with van der Waals surface area (Å²) in [7, 11) is 1.56. The Morgan fingerprint density at radius 1 is 1.22 bits per heavy atom. The Balaban J connectivity index is 2.20. The number of nitrogens with one attached hydrogen (secondary N) is 1. The van der Waals surface area contributed by atoms with E-state index >= 15 is 0 Å². The predicted molar refractivity (Wildman–Crippen MR) is 99.4 cm³/mol. The van der Waals surface area contributed by atoms with E-state index in [-0.39, 0.29) is 35.8 Å². The minimum atomic E-state index is -1.06. The topological polar surface area (TPSA) is 98.0 Å². The third kappa shape index (κ3) is 5.03. The second kappa shape index (κ2) is 8.62. The lowest BCUT2D eigenvalue weighted by atomic mass is 10.1. The minimum absolute atomic E-state index is 0.0126. The van der Waals surface area contributed by atoms with Crippen molar-refractivity contribution in [2.75, 3.05) is 7.11 Å². The van der Waals surface area contributed by atoms with Crippen LogP contribution in [0.25, 0.3) is 0 Å². The van der Waals surface area contributed by atoms with Gasteiger partial charge in [0.15, 0.2) is 11.5 Å². The zero-order valence-corrected chi connectivity index (χ0v) is 16.2. The summed E-state index contributed by atoms with van der Waals surface area (Å²) in [5.74, 6) is -0.0936. The summed E-state index contributed by atoms with van der Waals surface area (Å²) in [4.78, 5) is 23.6. The molecule has 0 saturated heterocycles. The Kier molecular flexibility index (Phi) is 6.50. The molecule has 2 rings (SSSR count). The van der Waals surface area contributed by atoms with Gasteiger partial charge in [0.2, 0.25) is 0 Å². The Hall–Kier alpha value is -2.96. The maximum absolute atomic E-state index is 12.7. The highest BCUT2D eigenvalue weighted by Crippen LogP contribution is 2.31. The van der Waals surface area contributed by atoms with Gasteiger partial charge in [-0.25, -0.2) is 0 Å². The molecule has 146 valence electrons. The maximum atomic E-state index is 12.7. The van der Waals surface area contributed by atoms with Crippen LogP contribution >= 0.6 is 0 Å². The van der Waals surface area contributed by atoms with Crippen LogP contribution in [0.4, 0.5) is 0 Å². The van der Waals surface area contributed by atoms with Gasteiger partial charge in [-0.1, -0.05) is 6.07 Å². The van der Waals surface area contributed by atoms with Gasteiger partial charge in [0.1, 0.15) is 12.2 Å². The largest absolute Gasteiger partial charge is 0.493 e. The lowest BCUT2D eigenvalue weighted by Gasteiger charge is -2.18. The Morgan fingerprint density at radius 2 is 1.93 bits per heavy atom. The highest BCUT2D eigenvalue weighted by Gasteiger charge is 2.22. The smallest absolute Gasteiger partial charge is 0.311 e. The van der Waals surface area contributed by atoms with Crippen molar-refractivity contribution in [1.29, 1.82) is 0 Å². The zero-order chi connectivity index (χ0) is 20.1. The molecular weight excluding hydrogens is 350 g/mol. The molecule has 2 N–H and O–H groups in total. The van der Waals surface area contributed by atoms with Gasteiger partial charge in [-0.15, -0.1) is 0 Å². The molecule has 1 atom stereocenters. The van der Waals surface area contributed by atoms with E-state index in [2.05, 4.69) is 5.32 Å². The van der Waals surface area contributed by atoms with Crippen LogP contribution in [-0.2, 0) is 11.2 Å². The van der Waals surface area contributed by atoms with Gasteiger partial charge in [0.05, 0.1) is 31.1 Å². The molecule has 0 radical (unpaired) electrons. The first-order chi connectivity index (χ1) is 12.7. The van der Waals surface area contributed by atoms with Gasteiger partial charge in [0, 0.05) is 5.56 Å². The molecule has 0 aliphatic heterocycles. The van der Waals surface area contributed by atoms with Crippen LogP contribution in [0.5, 0.6) is 11.5 Å². The molecule has 7 nitrogen and oxygen atoms in total. The van der Waals surface area contributed by atoms with Gasteiger partial charge >= 0.3 is 5.97 Å². The van der Waals surface area contributed by atoms with Crippen LogP contribution in [0.1, 0.15) is 54.1 Å². The van der Waals surface area contributed by atoms with Crippen molar-refractivity contribution in [2.45, 2.75) is 46.3 Å². The number of carbonyl (C=O) groups excluding carboxylic acids is 1. The van der Waals surface area contributed by atoms with Crippen LogP contribution in [0.15, 0.2) is 28.9 Å². The Bertz CT molecular complexity index is 824. The molecule has 0 fully saturated rings. The highest BCUT2D eigenvalue weighted by atomic mass is 16.5. The number of rotatable bonds is 8. The van der Waals surface area contributed by atoms with Gasteiger partial charge in [-0.05, 0) is 45.4 Å². The van der Waals surface area contributed by atoms with Crippen LogP contribution < -0.4 is 14.8 Å². The van der Waals surface area contributed by atoms with E-state index in [1.54, 1.807) is 20.1 Å². The lowest BCUT2D eigenvalue weighted by Crippen LogP contribution is -2.28. The van der Waals surface area contributed by atoms with Gasteiger partial charge in [0.25, 0.3) is 5.91 Å². The average molecular weight is 375 g/mol. The summed E-state index contributed by atoms with van der Waals surface area (Å²) in [6.45, 7) is 7.40. The second-order valence-corrected chi connectivity index (χ2v) is 6.56. The van der Waals surface area contributed by atoms with Crippen LogP contribution in [0.3, 0.4) is 0 Å². The molecule has 0 spiro atoms. The second-order valence-electron chi connectivity index (χ2n) is 6.56. The van der Waals surface area contributed by atoms with E-state index in [1.165, 1.54) is 6.26 Å². The molecule has 0 aliphatic rings. The monoisotopic (exact) mass is 375 g/mol. The predicted octanol–water partition coefficient (Wildman–Crippen LogP) is 3.50. The number of benzene rings is 1. The first-order valence-corrected chi connectivity index (χ1v) is 8.67. The number of amides is 1. The number of aliphatic carboxylic acids is 1. The molecule has 2 aromatic rings. The molecular formula is C20H25NO6. The van der Waals surface area contributed by atoms with Crippen LogP contribution in [0, 0.1) is 6.92 Å². The molecule has 0 saturated carbocycles. The standard InChI is InChI=1S/C20H25NO6/c1-11(2)27-15-7-6-14(8-16(15)25-5)13(4)21-20(24)19-12(3)10-26-17(19)9-18(22)23/h6-8,10-11,13H,9H2,1-5H3,(H,21,24)(H,22,23). The van der Waals surface area contributed by atoms with E-state index in [0.717, 1.165) is 5.56 Å². The first kappa shape index (κ1) is 20.4. The van der Waals surface area contributed by atoms with Crippen molar-refractivity contribution in [1.82, 2.24) is 5.32 Å². The highest BCUT2D eigenvalue weighted by molar-refractivity contribution is 5.97. The summed E-state index contributed by atoms with van der Waals surface area (Å²) in [6.07, 6.45) is 1.05. The number of carboxylic acid groups (broad SMARTS) is 1. The Labute approximate surface area is 158 Å². The third-order valence-corrected chi connectivity index (χ3v) is 3.99. The van der Waals surface area contributed by atoms with E-state index in [9.17, 15) is 9.59 Å². The fourth-order valence-electron chi connectivity index (χ4n) is 2.73. The molecule has 0 aliphatic carbocycles. The van der Waals surface area contributed by atoms with E-state index in [1.807, 2.05) is 32.9 Å². The number of hydrogen-bond acceptors (Lipinski definition) is 5. The molecule has 27 heavy (non-hydrogen) atoms. The van der Waals surface area contributed by atoms with Gasteiger partial charge in [-0.2, -0.15) is 0 Å². The van der Waals surface area contributed by atoms with Crippen molar-refractivity contribution in [2.24, 2.45) is 0 Å². The fraction of sp³-hybridized carbons (Fsp3) is 0.400. The molecule has 0 bridgehead atoms. The summed E-state index contributed by atoms with van der Waals surface area (Å²) in [5.41, 5.74) is 1.68. The van der Waals surface area contributed by atoms with Gasteiger partial charge in [-0.3, -0.25) is 9.59 Å². The molecule has 1 aromatic carbocycles. The normalized spacial score (nSPS) is 11.9. The number of hydrogen-bond donors (Lipinski definition) is 2.